The Morgan fingerprint density at radius 2 is 1.42 bits per heavy atom. The zero-order chi connectivity index (χ0) is 17.6. The number of unbranched alkanes of at least 4 members (excludes halogenated alkanes) is 1. The summed E-state index contributed by atoms with van der Waals surface area (Å²) >= 11 is 0. The molecule has 26 heavy (non-hydrogen) atoms. The van der Waals surface area contributed by atoms with Crippen LogP contribution in [0.4, 0.5) is 0 Å². The van der Waals surface area contributed by atoms with Gasteiger partial charge in [-0.3, -0.25) is 0 Å². The van der Waals surface area contributed by atoms with E-state index < -0.39 is 0 Å². The molecule has 4 aromatic rings. The molecule has 0 aliphatic carbocycles. The number of aromatic nitrogens is 2. The molecule has 0 saturated carbocycles. The average Bonchev–Trinajstić information content (AvgIpc) is 3.08. The van der Waals surface area contributed by atoms with Crippen LogP contribution >= 0.6 is 0 Å². The maximum absolute atomic E-state index is 5.80. The fourth-order valence-electron chi connectivity index (χ4n) is 3.19. The van der Waals surface area contributed by atoms with Crippen molar-refractivity contribution in [2.75, 3.05) is 6.61 Å². The molecule has 130 valence electrons. The van der Waals surface area contributed by atoms with Crippen molar-refractivity contribution in [3.8, 4) is 17.1 Å². The van der Waals surface area contributed by atoms with Crippen molar-refractivity contribution < 1.29 is 4.74 Å². The Morgan fingerprint density at radius 1 is 0.731 bits per heavy atom. The van der Waals surface area contributed by atoms with Gasteiger partial charge in [-0.25, -0.2) is 4.98 Å². The number of para-hydroxylation sites is 3. The van der Waals surface area contributed by atoms with E-state index in [1.807, 2.05) is 42.5 Å². The van der Waals surface area contributed by atoms with E-state index in [0.717, 1.165) is 48.6 Å². The van der Waals surface area contributed by atoms with E-state index in [-0.39, 0.29) is 0 Å². The monoisotopic (exact) mass is 342 g/mol. The third-order valence-corrected chi connectivity index (χ3v) is 4.47. The molecular weight excluding hydrogens is 320 g/mol. The molecule has 1 aromatic heterocycles. The summed E-state index contributed by atoms with van der Waals surface area (Å²) in [5.41, 5.74) is 3.39. The number of aryl methyl sites for hydroxylation is 1. The smallest absolute Gasteiger partial charge is 0.141 e. The lowest BCUT2D eigenvalue weighted by Crippen LogP contribution is -2.04. The normalized spacial score (nSPS) is 10.9. The summed E-state index contributed by atoms with van der Waals surface area (Å²) in [6.45, 7) is 1.67. The molecule has 0 aliphatic rings. The molecule has 0 bridgehead atoms. The summed E-state index contributed by atoms with van der Waals surface area (Å²) in [6.07, 6.45) is 2.06. The van der Waals surface area contributed by atoms with E-state index in [0.29, 0.717) is 0 Å². The van der Waals surface area contributed by atoms with Gasteiger partial charge in [0.05, 0.1) is 17.6 Å². The quantitative estimate of drug-likeness (QED) is 0.411. The lowest BCUT2D eigenvalue weighted by atomic mass is 10.2. The molecule has 0 atom stereocenters. The highest BCUT2D eigenvalue weighted by Gasteiger charge is 2.11. The van der Waals surface area contributed by atoms with Crippen LogP contribution in [-0.2, 0) is 6.54 Å². The van der Waals surface area contributed by atoms with Crippen LogP contribution in [0.5, 0.6) is 5.75 Å². The van der Waals surface area contributed by atoms with Gasteiger partial charge >= 0.3 is 0 Å². The largest absolute Gasteiger partial charge is 0.494 e. The van der Waals surface area contributed by atoms with Crippen LogP contribution in [0.1, 0.15) is 12.8 Å². The van der Waals surface area contributed by atoms with Gasteiger partial charge in [0, 0.05) is 12.1 Å². The first-order valence-electron chi connectivity index (χ1n) is 9.10. The lowest BCUT2D eigenvalue weighted by Gasteiger charge is -2.10. The molecule has 0 aliphatic heterocycles. The predicted octanol–water partition coefficient (Wildman–Crippen LogP) is 5.56. The standard InChI is InChI=1S/C23H22N2O/c1-3-11-19(12-4-1)23-24-21-15-7-8-16-22(21)25(23)17-9-10-18-26-20-13-5-2-6-14-20/h1-8,11-16H,9-10,17-18H2. The first-order valence-corrected chi connectivity index (χ1v) is 9.10. The number of imidazole rings is 1. The van der Waals surface area contributed by atoms with Gasteiger partial charge in [0.15, 0.2) is 0 Å². The molecule has 0 fully saturated rings. The van der Waals surface area contributed by atoms with Crippen LogP contribution < -0.4 is 4.74 Å². The first kappa shape index (κ1) is 16.4. The summed E-state index contributed by atoms with van der Waals surface area (Å²) in [5.74, 6) is 1.97. The Bertz CT molecular complexity index is 961. The topological polar surface area (TPSA) is 27.1 Å². The molecule has 0 amide bonds. The second-order valence-corrected chi connectivity index (χ2v) is 6.31. The highest BCUT2D eigenvalue weighted by Crippen LogP contribution is 2.25. The molecule has 3 heteroatoms. The zero-order valence-electron chi connectivity index (χ0n) is 14.7. The molecule has 4 rings (SSSR count). The molecule has 3 aromatic carbocycles. The number of hydrogen-bond donors (Lipinski definition) is 0. The summed E-state index contributed by atoms with van der Waals surface area (Å²) < 4.78 is 8.13. The van der Waals surface area contributed by atoms with E-state index in [9.17, 15) is 0 Å². The van der Waals surface area contributed by atoms with E-state index in [1.165, 1.54) is 5.52 Å². The van der Waals surface area contributed by atoms with E-state index in [4.69, 9.17) is 9.72 Å². The average molecular weight is 342 g/mol. The van der Waals surface area contributed by atoms with Gasteiger partial charge in [0.2, 0.25) is 0 Å². The van der Waals surface area contributed by atoms with Gasteiger partial charge in [-0.2, -0.15) is 0 Å². The number of ether oxygens (including phenoxy) is 1. The molecule has 0 spiro atoms. The van der Waals surface area contributed by atoms with Gasteiger partial charge in [-0.15, -0.1) is 0 Å². The minimum atomic E-state index is 0.733. The van der Waals surface area contributed by atoms with Gasteiger partial charge in [0.25, 0.3) is 0 Å². The van der Waals surface area contributed by atoms with Crippen LogP contribution in [0.15, 0.2) is 84.9 Å². The molecule has 1 heterocycles. The number of rotatable bonds is 7. The van der Waals surface area contributed by atoms with Gasteiger partial charge in [-0.1, -0.05) is 60.7 Å². The van der Waals surface area contributed by atoms with Gasteiger partial charge in [0.1, 0.15) is 11.6 Å². The van der Waals surface area contributed by atoms with Crippen molar-refractivity contribution in [1.29, 1.82) is 0 Å². The minimum absolute atomic E-state index is 0.733. The summed E-state index contributed by atoms with van der Waals surface area (Å²) in [6, 6.07) is 28.7. The second kappa shape index (κ2) is 7.87. The van der Waals surface area contributed by atoms with Crippen molar-refractivity contribution in [3.05, 3.63) is 84.9 Å². The number of benzene rings is 3. The van der Waals surface area contributed by atoms with Gasteiger partial charge < -0.3 is 9.30 Å². The fraction of sp³-hybridized carbons (Fsp3) is 0.174. The van der Waals surface area contributed by atoms with Crippen LogP contribution in [-0.4, -0.2) is 16.2 Å². The number of hydrogen-bond acceptors (Lipinski definition) is 2. The minimum Gasteiger partial charge on any atom is -0.494 e. The van der Waals surface area contributed by atoms with Crippen molar-refractivity contribution in [2.45, 2.75) is 19.4 Å². The first-order chi connectivity index (χ1) is 12.9. The second-order valence-electron chi connectivity index (χ2n) is 6.31. The van der Waals surface area contributed by atoms with Crippen molar-refractivity contribution in [3.63, 3.8) is 0 Å². The Kier molecular flexibility index (Phi) is 4.97. The van der Waals surface area contributed by atoms with Crippen molar-refractivity contribution >= 4 is 11.0 Å². The fourth-order valence-corrected chi connectivity index (χ4v) is 3.19. The molecule has 0 N–H and O–H groups in total. The van der Waals surface area contributed by atoms with Crippen molar-refractivity contribution in [2.24, 2.45) is 0 Å². The van der Waals surface area contributed by atoms with Gasteiger partial charge in [-0.05, 0) is 37.1 Å². The molecule has 0 unspecified atom stereocenters. The molecule has 0 radical (unpaired) electrons. The van der Waals surface area contributed by atoms with Crippen LogP contribution in [0.2, 0.25) is 0 Å². The lowest BCUT2D eigenvalue weighted by molar-refractivity contribution is 0.303. The molecule has 0 saturated heterocycles. The Hall–Kier alpha value is -3.07. The Labute approximate surface area is 153 Å². The third-order valence-electron chi connectivity index (χ3n) is 4.47. The highest BCUT2D eigenvalue weighted by atomic mass is 16.5. The third kappa shape index (κ3) is 3.62. The van der Waals surface area contributed by atoms with E-state index in [2.05, 4.69) is 47.0 Å². The van der Waals surface area contributed by atoms with E-state index in [1.54, 1.807) is 0 Å². The maximum Gasteiger partial charge on any atom is 0.141 e. The molecular formula is C23H22N2O. The summed E-state index contributed by atoms with van der Waals surface area (Å²) in [7, 11) is 0. The highest BCUT2D eigenvalue weighted by molar-refractivity contribution is 5.80. The number of nitrogens with zero attached hydrogens (tertiary/aromatic N) is 2. The summed E-state index contributed by atoms with van der Waals surface area (Å²) in [4.78, 5) is 4.86. The zero-order valence-corrected chi connectivity index (χ0v) is 14.7. The van der Waals surface area contributed by atoms with Crippen molar-refractivity contribution in [1.82, 2.24) is 9.55 Å². The summed E-state index contributed by atoms with van der Waals surface area (Å²) in [5, 5.41) is 0. The maximum atomic E-state index is 5.80. The van der Waals surface area contributed by atoms with Crippen LogP contribution in [0, 0.1) is 0 Å². The number of fused-ring (bicyclic) bond motifs is 1. The Balaban J connectivity index is 1.47. The Morgan fingerprint density at radius 3 is 2.23 bits per heavy atom. The predicted molar refractivity (Wildman–Crippen MR) is 106 cm³/mol. The van der Waals surface area contributed by atoms with Crippen LogP contribution in [0.25, 0.3) is 22.4 Å². The van der Waals surface area contributed by atoms with Crippen LogP contribution in [0.3, 0.4) is 0 Å². The van der Waals surface area contributed by atoms with E-state index >= 15 is 0 Å². The molecule has 3 nitrogen and oxygen atoms in total. The SMILES string of the molecule is c1ccc(OCCCCn2c(-c3ccccc3)nc3ccccc32)cc1.